The summed E-state index contributed by atoms with van der Waals surface area (Å²) in [7, 11) is 1.58. The first-order chi connectivity index (χ1) is 9.60. The number of carbonyl (C=O) groups excluding carboxylic acids is 1. The Labute approximate surface area is 122 Å². The first kappa shape index (κ1) is 14.5. The molecule has 2 aromatic rings. The van der Waals surface area contributed by atoms with E-state index in [0.29, 0.717) is 0 Å². The van der Waals surface area contributed by atoms with Gasteiger partial charge in [-0.25, -0.2) is 4.39 Å². The van der Waals surface area contributed by atoms with Crippen molar-refractivity contribution < 1.29 is 13.9 Å². The van der Waals surface area contributed by atoms with Crippen molar-refractivity contribution in [1.82, 2.24) is 0 Å². The molecule has 0 fully saturated rings. The van der Waals surface area contributed by atoms with Crippen molar-refractivity contribution in [2.75, 3.05) is 7.11 Å². The van der Waals surface area contributed by atoms with Crippen LogP contribution in [0.25, 0.3) is 0 Å². The van der Waals surface area contributed by atoms with Gasteiger partial charge < -0.3 is 4.74 Å². The number of benzene rings is 2. The topological polar surface area (TPSA) is 26.3 Å². The predicted molar refractivity (Wildman–Crippen MR) is 76.7 cm³/mol. The van der Waals surface area contributed by atoms with E-state index in [1.165, 1.54) is 12.1 Å². The first-order valence-electron chi connectivity index (χ1n) is 6.18. The summed E-state index contributed by atoms with van der Waals surface area (Å²) in [4.78, 5) is 11.3. The van der Waals surface area contributed by atoms with Gasteiger partial charge in [-0.15, -0.1) is 0 Å². The summed E-state index contributed by atoms with van der Waals surface area (Å²) in [5.41, 5.74) is 1.62. The van der Waals surface area contributed by atoms with E-state index in [2.05, 4.69) is 0 Å². The highest BCUT2D eigenvalue weighted by Crippen LogP contribution is 2.30. The van der Waals surface area contributed by atoms with E-state index in [-0.39, 0.29) is 18.2 Å². The molecule has 0 radical (unpaired) electrons. The van der Waals surface area contributed by atoms with Crippen LogP contribution in [0.1, 0.15) is 23.5 Å². The maximum Gasteiger partial charge on any atom is 0.222 e. The smallest absolute Gasteiger partial charge is 0.222 e. The molecule has 0 heterocycles. The fourth-order valence-electron chi connectivity index (χ4n) is 2.15. The maximum atomic E-state index is 13.4. The molecule has 2 rings (SSSR count). The first-order valence-corrected chi connectivity index (χ1v) is 6.55. The minimum Gasteiger partial charge on any atom is -0.497 e. The lowest BCUT2D eigenvalue weighted by Crippen LogP contribution is -2.05. The van der Waals surface area contributed by atoms with E-state index < -0.39 is 5.24 Å². The van der Waals surface area contributed by atoms with Crippen LogP contribution in [0.4, 0.5) is 4.39 Å². The number of hydrogen-bond donors (Lipinski definition) is 0. The molecule has 1 unspecified atom stereocenters. The maximum absolute atomic E-state index is 13.4. The Bertz CT molecular complexity index is 596. The third-order valence-corrected chi connectivity index (χ3v) is 3.29. The molecule has 2 aromatic carbocycles. The van der Waals surface area contributed by atoms with Crippen LogP contribution in [-0.4, -0.2) is 12.4 Å². The van der Waals surface area contributed by atoms with Crippen LogP contribution in [0.15, 0.2) is 48.5 Å². The van der Waals surface area contributed by atoms with Gasteiger partial charge in [0.15, 0.2) is 0 Å². The van der Waals surface area contributed by atoms with Crippen molar-refractivity contribution in [2.45, 2.75) is 12.3 Å². The Balaban J connectivity index is 2.38. The molecule has 0 amide bonds. The van der Waals surface area contributed by atoms with Gasteiger partial charge in [0.2, 0.25) is 5.24 Å². The van der Waals surface area contributed by atoms with E-state index in [9.17, 15) is 9.18 Å². The minimum absolute atomic E-state index is 0.122. The van der Waals surface area contributed by atoms with Crippen LogP contribution < -0.4 is 4.74 Å². The Kier molecular flexibility index (Phi) is 4.74. The Morgan fingerprint density at radius 3 is 2.45 bits per heavy atom. The van der Waals surface area contributed by atoms with Crippen LogP contribution in [0, 0.1) is 5.82 Å². The molecule has 0 aliphatic heterocycles. The van der Waals surface area contributed by atoms with E-state index >= 15 is 0 Å². The van der Waals surface area contributed by atoms with Crippen molar-refractivity contribution in [3.05, 3.63) is 65.5 Å². The molecule has 0 aromatic heterocycles. The molecule has 0 spiro atoms. The molecular weight excluding hydrogens is 279 g/mol. The fraction of sp³-hybridized carbons (Fsp3) is 0.188. The van der Waals surface area contributed by atoms with Gasteiger partial charge in [0.05, 0.1) is 7.11 Å². The Morgan fingerprint density at radius 1 is 1.20 bits per heavy atom. The van der Waals surface area contributed by atoms with Crippen LogP contribution in [-0.2, 0) is 4.79 Å². The summed E-state index contributed by atoms with van der Waals surface area (Å²) in [6, 6.07) is 13.5. The van der Waals surface area contributed by atoms with E-state index in [1.54, 1.807) is 31.4 Å². The number of halogens is 2. The molecule has 1 atom stereocenters. The number of ether oxygens (including phenoxy) is 1. The lowest BCUT2D eigenvalue weighted by Gasteiger charge is -2.16. The van der Waals surface area contributed by atoms with Crippen molar-refractivity contribution in [2.24, 2.45) is 0 Å². The van der Waals surface area contributed by atoms with Gasteiger partial charge in [-0.1, -0.05) is 24.3 Å². The summed E-state index contributed by atoms with van der Waals surface area (Å²) < 4.78 is 18.5. The molecule has 0 aliphatic rings. The van der Waals surface area contributed by atoms with E-state index in [0.717, 1.165) is 16.9 Å². The van der Waals surface area contributed by atoms with Gasteiger partial charge >= 0.3 is 0 Å². The highest BCUT2D eigenvalue weighted by atomic mass is 35.5. The number of carbonyl (C=O) groups is 1. The monoisotopic (exact) mass is 292 g/mol. The third-order valence-electron chi connectivity index (χ3n) is 3.13. The van der Waals surface area contributed by atoms with Gasteiger partial charge in [0.25, 0.3) is 0 Å². The van der Waals surface area contributed by atoms with Crippen LogP contribution in [0.2, 0.25) is 0 Å². The van der Waals surface area contributed by atoms with Crippen LogP contribution >= 0.6 is 11.6 Å². The van der Waals surface area contributed by atoms with Crippen LogP contribution in [0.5, 0.6) is 5.75 Å². The number of rotatable bonds is 5. The average Bonchev–Trinajstić information content (AvgIpc) is 2.45. The van der Waals surface area contributed by atoms with Gasteiger partial charge in [0, 0.05) is 12.3 Å². The molecule has 0 saturated carbocycles. The van der Waals surface area contributed by atoms with Gasteiger partial charge in [-0.2, -0.15) is 0 Å². The summed E-state index contributed by atoms with van der Waals surface area (Å²) >= 11 is 5.51. The quantitative estimate of drug-likeness (QED) is 0.775. The number of hydrogen-bond acceptors (Lipinski definition) is 2. The predicted octanol–water partition coefficient (Wildman–Crippen LogP) is 4.12. The second kappa shape index (κ2) is 6.53. The normalized spacial score (nSPS) is 11.9. The molecule has 20 heavy (non-hydrogen) atoms. The number of methoxy groups -OCH3 is 1. The van der Waals surface area contributed by atoms with Crippen molar-refractivity contribution >= 4 is 16.8 Å². The van der Waals surface area contributed by atoms with E-state index in [4.69, 9.17) is 16.3 Å². The lowest BCUT2D eigenvalue weighted by molar-refractivity contribution is -0.111. The Morgan fingerprint density at radius 2 is 1.90 bits per heavy atom. The van der Waals surface area contributed by atoms with Crippen LogP contribution in [0.3, 0.4) is 0 Å². The lowest BCUT2D eigenvalue weighted by atomic mass is 9.89. The second-order valence-corrected chi connectivity index (χ2v) is 4.86. The zero-order valence-corrected chi connectivity index (χ0v) is 11.7. The van der Waals surface area contributed by atoms with Gasteiger partial charge in [-0.3, -0.25) is 4.79 Å². The molecule has 0 saturated heterocycles. The van der Waals surface area contributed by atoms with Gasteiger partial charge in [-0.05, 0) is 47.0 Å². The van der Waals surface area contributed by atoms with Crippen molar-refractivity contribution in [3.8, 4) is 5.75 Å². The molecule has 0 aliphatic carbocycles. The molecule has 2 nitrogen and oxygen atoms in total. The zero-order chi connectivity index (χ0) is 14.5. The minimum atomic E-state index is -0.449. The van der Waals surface area contributed by atoms with Gasteiger partial charge in [0.1, 0.15) is 11.6 Å². The summed E-state index contributed by atoms with van der Waals surface area (Å²) in [6.07, 6.45) is 0.122. The largest absolute Gasteiger partial charge is 0.497 e. The summed E-state index contributed by atoms with van der Waals surface area (Å²) in [5, 5.41) is -0.449. The fourth-order valence-corrected chi connectivity index (χ4v) is 2.30. The molecule has 0 bridgehead atoms. The highest BCUT2D eigenvalue weighted by Gasteiger charge is 2.18. The zero-order valence-electron chi connectivity index (χ0n) is 11.0. The Hall–Kier alpha value is -1.87. The SMILES string of the molecule is COc1ccc(C(CC(=O)Cl)c2cccc(F)c2)cc1. The molecular formula is C16H14ClFO2. The standard InChI is InChI=1S/C16H14ClFO2/c1-20-14-7-5-11(6-8-14)15(10-16(17)19)12-3-2-4-13(18)9-12/h2-9,15H,10H2,1H3. The molecule has 104 valence electrons. The highest BCUT2D eigenvalue weighted by molar-refractivity contribution is 6.63. The van der Waals surface area contributed by atoms with E-state index in [1.807, 2.05) is 12.1 Å². The second-order valence-electron chi connectivity index (χ2n) is 4.44. The average molecular weight is 293 g/mol. The third kappa shape index (κ3) is 3.58. The molecule has 4 heteroatoms. The van der Waals surface area contributed by atoms with Crippen molar-refractivity contribution in [3.63, 3.8) is 0 Å². The molecule has 0 N–H and O–H groups in total. The summed E-state index contributed by atoms with van der Waals surface area (Å²) in [6.45, 7) is 0. The summed E-state index contributed by atoms with van der Waals surface area (Å²) in [5.74, 6) is 0.133. The van der Waals surface area contributed by atoms with Crippen molar-refractivity contribution in [1.29, 1.82) is 0 Å².